The van der Waals surface area contributed by atoms with E-state index in [1.807, 2.05) is 0 Å². The van der Waals surface area contributed by atoms with Crippen molar-refractivity contribution in [2.24, 2.45) is 4.99 Å². The molecule has 3 atom stereocenters. The Morgan fingerprint density at radius 2 is 1.92 bits per heavy atom. The van der Waals surface area contributed by atoms with Crippen LogP contribution in [-0.4, -0.2) is 44.3 Å². The Balaban J connectivity index is 1.47. The summed E-state index contributed by atoms with van der Waals surface area (Å²) in [5.41, 5.74) is 0.516. The number of sulfonamides is 1. The van der Waals surface area contributed by atoms with Crippen LogP contribution in [0.5, 0.6) is 0 Å². The van der Waals surface area contributed by atoms with Crippen LogP contribution in [-0.2, 0) is 14.8 Å². The summed E-state index contributed by atoms with van der Waals surface area (Å²) in [6.07, 6.45) is 4.24. The molecule has 4 rings (SSSR count). The van der Waals surface area contributed by atoms with Gasteiger partial charge in [-0.1, -0.05) is 12.1 Å². The summed E-state index contributed by atoms with van der Waals surface area (Å²) < 4.78 is 26.7. The van der Waals surface area contributed by atoms with Gasteiger partial charge in [-0.3, -0.25) is 14.5 Å². The molecule has 1 amide bonds. The lowest BCUT2D eigenvalue weighted by Gasteiger charge is -2.30. The zero-order chi connectivity index (χ0) is 17.6. The summed E-state index contributed by atoms with van der Waals surface area (Å²) >= 11 is 0. The molecular weight excluding hydrogens is 340 g/mol. The number of piperidine rings is 1. The smallest absolute Gasteiger partial charge is 0.263 e. The van der Waals surface area contributed by atoms with Crippen molar-refractivity contribution < 1.29 is 13.2 Å². The number of amidine groups is 1. The van der Waals surface area contributed by atoms with Crippen molar-refractivity contribution in [3.05, 3.63) is 29.8 Å². The van der Waals surface area contributed by atoms with Gasteiger partial charge in [-0.2, -0.15) is 0 Å². The second kappa shape index (κ2) is 6.10. The highest BCUT2D eigenvalue weighted by atomic mass is 32.2. The highest BCUT2D eigenvalue weighted by Crippen LogP contribution is 2.27. The van der Waals surface area contributed by atoms with Crippen LogP contribution in [0.4, 0.5) is 0 Å². The highest BCUT2D eigenvalue weighted by Gasteiger charge is 2.35. The van der Waals surface area contributed by atoms with Crippen LogP contribution in [0.1, 0.15) is 38.2 Å². The largest absolute Gasteiger partial charge is 0.351 e. The number of amides is 1. The second-order valence-electron chi connectivity index (χ2n) is 7.07. The number of benzene rings is 1. The van der Waals surface area contributed by atoms with Gasteiger partial charge in [-0.25, -0.2) is 8.42 Å². The van der Waals surface area contributed by atoms with E-state index in [-0.39, 0.29) is 22.7 Å². The molecule has 1 aromatic carbocycles. The van der Waals surface area contributed by atoms with Crippen LogP contribution in [0, 0.1) is 0 Å². The second-order valence-corrected chi connectivity index (χ2v) is 8.72. The van der Waals surface area contributed by atoms with E-state index in [0.717, 1.165) is 12.8 Å². The first-order valence-electron chi connectivity index (χ1n) is 8.69. The van der Waals surface area contributed by atoms with E-state index in [0.29, 0.717) is 17.6 Å². The van der Waals surface area contributed by atoms with Gasteiger partial charge in [0.15, 0.2) is 0 Å². The van der Waals surface area contributed by atoms with E-state index >= 15 is 0 Å². The van der Waals surface area contributed by atoms with Crippen LogP contribution in [0.3, 0.4) is 0 Å². The quantitative estimate of drug-likeness (QED) is 0.730. The number of carbonyl (C=O) groups is 1. The van der Waals surface area contributed by atoms with Gasteiger partial charge in [-0.15, -0.1) is 0 Å². The Morgan fingerprint density at radius 1 is 1.24 bits per heavy atom. The standard InChI is InChI=1S/C17H22N4O3S/c1-10(17(22)20-13-8-11-6-7-12(9-13)19-11)18-16-14-4-2-3-5-15(14)25(23,24)21-16/h2-5,10-13,19H,6-9H2,1H3,(H,18,21)(H,20,22). The molecule has 2 bridgehead atoms. The van der Waals surface area contributed by atoms with Gasteiger partial charge < -0.3 is 10.6 Å². The average molecular weight is 362 g/mol. The molecule has 2 saturated heterocycles. The van der Waals surface area contributed by atoms with Crippen molar-refractivity contribution in [1.82, 2.24) is 15.4 Å². The van der Waals surface area contributed by atoms with Crippen LogP contribution in [0.2, 0.25) is 0 Å². The summed E-state index contributed by atoms with van der Waals surface area (Å²) in [6, 6.07) is 7.17. The minimum absolute atomic E-state index is 0.164. The molecule has 0 aliphatic carbocycles. The molecule has 0 saturated carbocycles. The molecule has 0 aromatic heterocycles. The fourth-order valence-corrected chi connectivity index (χ4v) is 5.22. The molecular formula is C17H22N4O3S. The number of hydrogen-bond acceptors (Lipinski definition) is 5. The van der Waals surface area contributed by atoms with Crippen molar-refractivity contribution >= 4 is 21.8 Å². The molecule has 25 heavy (non-hydrogen) atoms. The van der Waals surface area contributed by atoms with E-state index in [4.69, 9.17) is 0 Å². The first-order chi connectivity index (χ1) is 11.9. The normalized spacial score (nSPS) is 32.0. The summed E-state index contributed by atoms with van der Waals surface area (Å²) in [6.45, 7) is 1.69. The van der Waals surface area contributed by atoms with E-state index in [1.165, 1.54) is 18.9 Å². The Morgan fingerprint density at radius 3 is 2.64 bits per heavy atom. The zero-order valence-electron chi connectivity index (χ0n) is 14.0. The molecule has 0 radical (unpaired) electrons. The summed E-state index contributed by atoms with van der Waals surface area (Å²) in [4.78, 5) is 17.0. The van der Waals surface area contributed by atoms with E-state index < -0.39 is 16.1 Å². The van der Waals surface area contributed by atoms with Gasteiger partial charge in [-0.05, 0) is 44.7 Å². The lowest BCUT2D eigenvalue weighted by atomic mass is 9.99. The van der Waals surface area contributed by atoms with Crippen molar-refractivity contribution in [2.75, 3.05) is 0 Å². The first kappa shape index (κ1) is 16.5. The third kappa shape index (κ3) is 3.16. The maximum absolute atomic E-state index is 12.5. The number of aliphatic imine (C=N–C) groups is 1. The fourth-order valence-electron chi connectivity index (χ4n) is 3.98. The molecule has 1 aromatic rings. The first-order valence-corrected chi connectivity index (χ1v) is 10.2. The monoisotopic (exact) mass is 362 g/mol. The van der Waals surface area contributed by atoms with Crippen molar-refractivity contribution in [2.45, 2.75) is 61.7 Å². The van der Waals surface area contributed by atoms with Gasteiger partial charge in [0.05, 0.1) is 4.90 Å². The van der Waals surface area contributed by atoms with E-state index in [9.17, 15) is 13.2 Å². The SMILES string of the molecule is CC(N=C1NS(=O)(=O)c2ccccc21)C(=O)NC1CC2CCC(C1)N2. The zero-order valence-corrected chi connectivity index (χ0v) is 14.8. The number of rotatable bonds is 3. The molecule has 3 heterocycles. The molecule has 134 valence electrons. The predicted octanol–water partition coefficient (Wildman–Crippen LogP) is 0.513. The molecule has 0 spiro atoms. The van der Waals surface area contributed by atoms with E-state index in [1.54, 1.807) is 25.1 Å². The topological polar surface area (TPSA) is 99.7 Å². The van der Waals surface area contributed by atoms with Gasteiger partial charge in [0.2, 0.25) is 5.91 Å². The minimum atomic E-state index is -3.58. The summed E-state index contributed by atoms with van der Waals surface area (Å²) in [5, 5.41) is 6.62. The maximum atomic E-state index is 12.5. The fraction of sp³-hybridized carbons (Fsp3) is 0.529. The molecule has 3 unspecified atom stereocenters. The summed E-state index contributed by atoms with van der Waals surface area (Å²) in [7, 11) is -3.58. The Hall–Kier alpha value is -1.93. The number of carbonyl (C=O) groups excluding carboxylic acids is 1. The molecule has 2 fully saturated rings. The van der Waals surface area contributed by atoms with Gasteiger partial charge in [0.1, 0.15) is 11.9 Å². The maximum Gasteiger partial charge on any atom is 0.263 e. The van der Waals surface area contributed by atoms with Gasteiger partial charge in [0.25, 0.3) is 10.0 Å². The molecule has 3 N–H and O–H groups in total. The predicted molar refractivity (Wildman–Crippen MR) is 93.9 cm³/mol. The third-order valence-corrected chi connectivity index (χ3v) is 6.58. The number of hydrogen-bond donors (Lipinski definition) is 3. The minimum Gasteiger partial charge on any atom is -0.351 e. The van der Waals surface area contributed by atoms with Crippen LogP contribution < -0.4 is 15.4 Å². The Bertz CT molecular complexity index is 824. The lowest BCUT2D eigenvalue weighted by molar-refractivity contribution is -0.122. The average Bonchev–Trinajstić information content (AvgIpc) is 3.04. The Kier molecular flexibility index (Phi) is 4.04. The van der Waals surface area contributed by atoms with Gasteiger partial charge in [0, 0.05) is 23.7 Å². The van der Waals surface area contributed by atoms with Crippen molar-refractivity contribution in [1.29, 1.82) is 0 Å². The molecule has 3 aliphatic rings. The van der Waals surface area contributed by atoms with E-state index in [2.05, 4.69) is 20.3 Å². The van der Waals surface area contributed by atoms with Crippen LogP contribution in [0.25, 0.3) is 0 Å². The van der Waals surface area contributed by atoms with Crippen molar-refractivity contribution in [3.63, 3.8) is 0 Å². The van der Waals surface area contributed by atoms with Crippen LogP contribution in [0.15, 0.2) is 34.2 Å². The molecule has 3 aliphatic heterocycles. The summed E-state index contributed by atoms with van der Waals surface area (Å²) in [5.74, 6) is 0.0750. The molecule has 7 nitrogen and oxygen atoms in total. The number of fused-ring (bicyclic) bond motifs is 3. The molecule has 8 heteroatoms. The number of nitrogens with one attached hydrogen (secondary N) is 3. The Labute approximate surface area is 147 Å². The highest BCUT2D eigenvalue weighted by molar-refractivity contribution is 7.90. The van der Waals surface area contributed by atoms with Crippen molar-refractivity contribution in [3.8, 4) is 0 Å². The van der Waals surface area contributed by atoms with Gasteiger partial charge >= 0.3 is 0 Å². The lowest BCUT2D eigenvalue weighted by Crippen LogP contribution is -2.49. The number of nitrogens with zero attached hydrogens (tertiary/aromatic N) is 1. The van der Waals surface area contributed by atoms with Crippen LogP contribution >= 0.6 is 0 Å². The third-order valence-electron chi connectivity index (χ3n) is 5.18.